The molecule has 1 aliphatic heterocycles. The van der Waals surface area contributed by atoms with Gasteiger partial charge in [-0.2, -0.15) is 0 Å². The molecule has 0 aromatic rings. The lowest BCUT2D eigenvalue weighted by atomic mass is 10.3. The summed E-state index contributed by atoms with van der Waals surface area (Å²) in [4.78, 5) is 23.2. The lowest BCUT2D eigenvalue weighted by Gasteiger charge is -2.09. The highest BCUT2D eigenvalue weighted by Gasteiger charge is 2.29. The fourth-order valence-electron chi connectivity index (χ4n) is 1.19. The van der Waals surface area contributed by atoms with Crippen molar-refractivity contribution in [1.29, 1.82) is 0 Å². The van der Waals surface area contributed by atoms with E-state index in [1.807, 2.05) is 12.2 Å². The highest BCUT2D eigenvalue weighted by molar-refractivity contribution is 6.00. The average Bonchev–Trinajstić information content (AvgIpc) is 2.45. The SMILES string of the molecule is O=C1N=NC(=O)N1C1=CC=CCC=C1. The van der Waals surface area contributed by atoms with Crippen LogP contribution in [-0.4, -0.2) is 17.0 Å². The molecule has 0 fully saturated rings. The van der Waals surface area contributed by atoms with Crippen molar-refractivity contribution in [2.45, 2.75) is 6.42 Å². The van der Waals surface area contributed by atoms with Gasteiger partial charge in [0.15, 0.2) is 0 Å². The molecular formula is C9H7N3O2. The quantitative estimate of drug-likeness (QED) is 0.635. The molecule has 0 radical (unpaired) electrons. The van der Waals surface area contributed by atoms with Crippen molar-refractivity contribution < 1.29 is 9.59 Å². The molecule has 1 heterocycles. The van der Waals surface area contributed by atoms with Crippen LogP contribution in [0.3, 0.4) is 0 Å². The second kappa shape index (κ2) is 3.37. The van der Waals surface area contributed by atoms with Crippen LogP contribution in [0.4, 0.5) is 9.59 Å². The molecule has 1 aliphatic carbocycles. The molecule has 0 aromatic heterocycles. The first-order valence-electron chi connectivity index (χ1n) is 4.12. The van der Waals surface area contributed by atoms with E-state index in [9.17, 15) is 9.59 Å². The number of amides is 4. The normalized spacial score (nSPS) is 20.3. The number of imide groups is 1. The Hall–Kier alpha value is -2.04. The number of carbonyl (C=O) groups is 2. The molecule has 0 spiro atoms. The average molecular weight is 189 g/mol. The Kier molecular flexibility index (Phi) is 2.06. The summed E-state index contributed by atoms with van der Waals surface area (Å²) < 4.78 is 0. The number of hydrogen-bond acceptors (Lipinski definition) is 2. The van der Waals surface area contributed by atoms with Crippen LogP contribution in [0.5, 0.6) is 0 Å². The third-order valence-electron chi connectivity index (χ3n) is 1.83. The number of urea groups is 2. The van der Waals surface area contributed by atoms with Crippen molar-refractivity contribution >= 4 is 12.1 Å². The molecule has 0 bridgehead atoms. The van der Waals surface area contributed by atoms with Crippen LogP contribution >= 0.6 is 0 Å². The van der Waals surface area contributed by atoms with E-state index in [1.54, 1.807) is 18.2 Å². The lowest BCUT2D eigenvalue weighted by Crippen LogP contribution is -2.26. The minimum absolute atomic E-state index is 0.499. The number of carbonyl (C=O) groups excluding carboxylic acids is 2. The fourth-order valence-corrected chi connectivity index (χ4v) is 1.19. The first-order chi connectivity index (χ1) is 6.79. The summed E-state index contributed by atoms with van der Waals surface area (Å²) >= 11 is 0. The van der Waals surface area contributed by atoms with Gasteiger partial charge in [0.25, 0.3) is 0 Å². The Morgan fingerprint density at radius 3 is 2.57 bits per heavy atom. The van der Waals surface area contributed by atoms with Crippen molar-refractivity contribution in [3.05, 3.63) is 36.1 Å². The molecule has 2 rings (SSSR count). The molecular weight excluding hydrogens is 182 g/mol. The number of hydrogen-bond donors (Lipinski definition) is 0. The molecule has 5 nitrogen and oxygen atoms in total. The molecule has 5 heteroatoms. The molecule has 0 saturated heterocycles. The Bertz CT molecular complexity index is 386. The van der Waals surface area contributed by atoms with Gasteiger partial charge in [-0.3, -0.25) is 0 Å². The molecule has 0 saturated carbocycles. The molecule has 0 unspecified atom stereocenters. The van der Waals surface area contributed by atoms with Crippen molar-refractivity contribution in [3.8, 4) is 0 Å². The van der Waals surface area contributed by atoms with Crippen LogP contribution in [0.25, 0.3) is 0 Å². The van der Waals surface area contributed by atoms with E-state index in [2.05, 4.69) is 10.2 Å². The summed E-state index contributed by atoms with van der Waals surface area (Å²) in [5.74, 6) is 0. The van der Waals surface area contributed by atoms with Gasteiger partial charge in [-0.1, -0.05) is 28.5 Å². The Balaban J connectivity index is 2.31. The number of rotatable bonds is 1. The minimum Gasteiger partial charge on any atom is -0.243 e. The van der Waals surface area contributed by atoms with Gasteiger partial charge in [-0.15, -0.1) is 0 Å². The predicted molar refractivity (Wildman–Crippen MR) is 48.5 cm³/mol. The first-order valence-corrected chi connectivity index (χ1v) is 4.12. The van der Waals surface area contributed by atoms with E-state index >= 15 is 0 Å². The lowest BCUT2D eigenvalue weighted by molar-refractivity contribution is 0.216. The van der Waals surface area contributed by atoms with Crippen LogP contribution in [-0.2, 0) is 0 Å². The molecule has 70 valence electrons. The van der Waals surface area contributed by atoms with Crippen molar-refractivity contribution in [2.24, 2.45) is 10.2 Å². The van der Waals surface area contributed by atoms with E-state index < -0.39 is 12.1 Å². The highest BCUT2D eigenvalue weighted by atomic mass is 16.2. The van der Waals surface area contributed by atoms with Crippen molar-refractivity contribution in [2.75, 3.05) is 0 Å². The van der Waals surface area contributed by atoms with E-state index in [-0.39, 0.29) is 0 Å². The maximum Gasteiger partial charge on any atom is 0.375 e. The monoisotopic (exact) mass is 189 g/mol. The summed E-state index contributed by atoms with van der Waals surface area (Å²) in [6.07, 6.45) is 9.72. The van der Waals surface area contributed by atoms with Gasteiger partial charge in [0.2, 0.25) is 0 Å². The van der Waals surface area contributed by atoms with Crippen LogP contribution in [0.15, 0.2) is 46.3 Å². The van der Waals surface area contributed by atoms with Crippen LogP contribution < -0.4 is 0 Å². The van der Waals surface area contributed by atoms with Gasteiger partial charge in [0, 0.05) is 0 Å². The van der Waals surface area contributed by atoms with Crippen LogP contribution in [0.2, 0.25) is 0 Å². The highest BCUT2D eigenvalue weighted by Crippen LogP contribution is 2.17. The zero-order chi connectivity index (χ0) is 9.97. The van der Waals surface area contributed by atoms with Crippen LogP contribution in [0, 0.1) is 0 Å². The second-order valence-corrected chi connectivity index (χ2v) is 2.76. The van der Waals surface area contributed by atoms with Gasteiger partial charge in [0.1, 0.15) is 0 Å². The van der Waals surface area contributed by atoms with Gasteiger partial charge in [0.05, 0.1) is 5.70 Å². The van der Waals surface area contributed by atoms with Gasteiger partial charge in [-0.05, 0) is 18.6 Å². The van der Waals surface area contributed by atoms with Gasteiger partial charge >= 0.3 is 12.1 Å². The smallest absolute Gasteiger partial charge is 0.243 e. The molecule has 0 N–H and O–H groups in total. The summed E-state index contributed by atoms with van der Waals surface area (Å²) in [6, 6.07) is -1.28. The second-order valence-electron chi connectivity index (χ2n) is 2.76. The van der Waals surface area contributed by atoms with Crippen molar-refractivity contribution in [3.63, 3.8) is 0 Å². The molecule has 0 atom stereocenters. The summed E-state index contributed by atoms with van der Waals surface area (Å²) in [6.45, 7) is 0. The third-order valence-corrected chi connectivity index (χ3v) is 1.83. The van der Waals surface area contributed by atoms with Gasteiger partial charge in [-0.25, -0.2) is 14.5 Å². The summed E-state index contributed by atoms with van der Waals surface area (Å²) in [5, 5.41) is 6.34. The van der Waals surface area contributed by atoms with Crippen molar-refractivity contribution in [1.82, 2.24) is 4.90 Å². The Labute approximate surface area is 80.1 Å². The number of azo groups is 1. The zero-order valence-corrected chi connectivity index (χ0v) is 7.25. The van der Waals surface area contributed by atoms with E-state index in [4.69, 9.17) is 0 Å². The Morgan fingerprint density at radius 2 is 1.86 bits per heavy atom. The van der Waals surface area contributed by atoms with Crippen LogP contribution in [0.1, 0.15) is 6.42 Å². The zero-order valence-electron chi connectivity index (χ0n) is 7.25. The molecule has 4 amide bonds. The standard InChI is InChI=1S/C9H7N3O2/c13-8-10-11-9(14)12(8)7-5-3-1-2-4-6-7/h1,3-6H,2H2. The minimum atomic E-state index is -0.638. The maximum atomic E-state index is 11.1. The number of nitrogens with zero attached hydrogens (tertiary/aromatic N) is 3. The largest absolute Gasteiger partial charge is 0.375 e. The number of allylic oxidation sites excluding steroid dienone is 5. The summed E-state index contributed by atoms with van der Waals surface area (Å²) in [7, 11) is 0. The fraction of sp³-hybridized carbons (Fsp3) is 0.111. The maximum absolute atomic E-state index is 11.1. The first kappa shape index (κ1) is 8.55. The molecule has 2 aliphatic rings. The summed E-state index contributed by atoms with van der Waals surface area (Å²) in [5.41, 5.74) is 0.499. The van der Waals surface area contributed by atoms with E-state index in [0.717, 1.165) is 11.3 Å². The molecule has 0 aromatic carbocycles. The Morgan fingerprint density at radius 1 is 1.14 bits per heavy atom. The van der Waals surface area contributed by atoms with E-state index in [1.165, 1.54) is 0 Å². The van der Waals surface area contributed by atoms with E-state index in [0.29, 0.717) is 5.70 Å². The van der Waals surface area contributed by atoms with Gasteiger partial charge < -0.3 is 0 Å². The topological polar surface area (TPSA) is 62.1 Å². The predicted octanol–water partition coefficient (Wildman–Crippen LogP) is 2.39. The molecule has 14 heavy (non-hydrogen) atoms. The third kappa shape index (κ3) is 1.39.